The molecule has 0 amide bonds. The molecular formula is C12H14O3. The van der Waals surface area contributed by atoms with Gasteiger partial charge in [-0.15, -0.1) is 0 Å². The van der Waals surface area contributed by atoms with Crippen LogP contribution in [0.15, 0.2) is 24.3 Å². The molecule has 1 rings (SSSR count). The lowest BCUT2D eigenvalue weighted by atomic mass is 9.92. The zero-order chi connectivity index (χ0) is 11.4. The van der Waals surface area contributed by atoms with Gasteiger partial charge in [0, 0.05) is 0 Å². The molecule has 0 unspecified atom stereocenters. The van der Waals surface area contributed by atoms with Crippen LogP contribution in [0, 0.1) is 0 Å². The Labute approximate surface area is 89.1 Å². The summed E-state index contributed by atoms with van der Waals surface area (Å²) in [6.45, 7) is 2.85. The van der Waals surface area contributed by atoms with Crippen molar-refractivity contribution in [1.29, 1.82) is 0 Å². The van der Waals surface area contributed by atoms with E-state index in [9.17, 15) is 9.59 Å². The van der Waals surface area contributed by atoms with Gasteiger partial charge in [0.1, 0.15) is 23.2 Å². The summed E-state index contributed by atoms with van der Waals surface area (Å²) in [6.07, 6.45) is 0. The number of hydrogen-bond donors (Lipinski definition) is 0. The smallest absolute Gasteiger partial charge is 0.144 e. The van der Waals surface area contributed by atoms with Gasteiger partial charge in [0.2, 0.25) is 0 Å². The normalized spacial score (nSPS) is 10.1. The summed E-state index contributed by atoms with van der Waals surface area (Å²) in [4.78, 5) is 22.6. The van der Waals surface area contributed by atoms with Gasteiger partial charge >= 0.3 is 0 Å². The number of ketones is 2. The van der Waals surface area contributed by atoms with Crippen LogP contribution in [0.2, 0.25) is 0 Å². The number of Topliss-reactive ketones (excluding diaryl/α,β-unsaturated/α-hetero) is 2. The molecule has 0 heterocycles. The monoisotopic (exact) mass is 206 g/mol. The molecule has 1 aromatic rings. The Bertz CT molecular complexity index is 351. The molecule has 0 fully saturated rings. The maximum absolute atomic E-state index is 11.3. The average Bonchev–Trinajstić information content (AvgIpc) is 2.18. The highest BCUT2D eigenvalue weighted by molar-refractivity contribution is 6.05. The molecular weight excluding hydrogens is 192 g/mol. The molecule has 0 aromatic heterocycles. The van der Waals surface area contributed by atoms with E-state index in [0.717, 1.165) is 5.56 Å². The predicted molar refractivity (Wildman–Crippen MR) is 57.1 cm³/mol. The quantitative estimate of drug-likeness (QED) is 0.707. The molecule has 0 N–H and O–H groups in total. The minimum absolute atomic E-state index is 0.132. The molecule has 80 valence electrons. The maximum Gasteiger partial charge on any atom is 0.144 e. The number of hydrogen-bond acceptors (Lipinski definition) is 3. The van der Waals surface area contributed by atoms with E-state index in [1.807, 2.05) is 0 Å². The van der Waals surface area contributed by atoms with Gasteiger partial charge < -0.3 is 4.74 Å². The average molecular weight is 206 g/mol. The molecule has 0 saturated heterocycles. The van der Waals surface area contributed by atoms with Crippen LogP contribution in [-0.2, 0) is 9.59 Å². The Hall–Kier alpha value is -1.64. The van der Waals surface area contributed by atoms with Crippen molar-refractivity contribution in [2.45, 2.75) is 19.8 Å². The van der Waals surface area contributed by atoms with E-state index in [0.29, 0.717) is 5.75 Å². The molecule has 0 aliphatic carbocycles. The largest absolute Gasteiger partial charge is 0.497 e. The van der Waals surface area contributed by atoms with Crippen LogP contribution < -0.4 is 4.74 Å². The third kappa shape index (κ3) is 2.65. The van der Waals surface area contributed by atoms with Gasteiger partial charge in [-0.25, -0.2) is 0 Å². The SMILES string of the molecule is COc1ccc(C(C(C)=O)C(C)=O)cc1. The van der Waals surface area contributed by atoms with E-state index in [1.54, 1.807) is 31.4 Å². The van der Waals surface area contributed by atoms with Gasteiger partial charge in [-0.1, -0.05) is 12.1 Å². The van der Waals surface area contributed by atoms with Crippen molar-refractivity contribution in [2.75, 3.05) is 7.11 Å². The Kier molecular flexibility index (Phi) is 3.61. The molecule has 0 saturated carbocycles. The van der Waals surface area contributed by atoms with Gasteiger partial charge in [0.25, 0.3) is 0 Å². The van der Waals surface area contributed by atoms with E-state index in [2.05, 4.69) is 0 Å². The highest BCUT2D eigenvalue weighted by Gasteiger charge is 2.21. The van der Waals surface area contributed by atoms with Crippen molar-refractivity contribution < 1.29 is 14.3 Å². The number of rotatable bonds is 4. The predicted octanol–water partition coefficient (Wildman–Crippen LogP) is 1.96. The topological polar surface area (TPSA) is 43.4 Å². The highest BCUT2D eigenvalue weighted by atomic mass is 16.5. The van der Waals surface area contributed by atoms with Crippen molar-refractivity contribution in [3.05, 3.63) is 29.8 Å². The number of carbonyl (C=O) groups excluding carboxylic acids is 2. The molecule has 0 spiro atoms. The molecule has 1 aromatic carbocycles. The summed E-state index contributed by atoms with van der Waals surface area (Å²) in [5.74, 6) is -0.194. The molecule has 0 atom stereocenters. The van der Waals surface area contributed by atoms with E-state index in [1.165, 1.54) is 13.8 Å². The Morgan fingerprint density at radius 3 is 1.87 bits per heavy atom. The second-order valence-corrected chi connectivity index (χ2v) is 3.43. The van der Waals surface area contributed by atoms with Crippen LogP contribution in [0.25, 0.3) is 0 Å². The van der Waals surface area contributed by atoms with E-state index < -0.39 is 5.92 Å². The minimum Gasteiger partial charge on any atom is -0.497 e. The van der Waals surface area contributed by atoms with Gasteiger partial charge in [-0.3, -0.25) is 9.59 Å². The summed E-state index contributed by atoms with van der Waals surface area (Å²) >= 11 is 0. The molecule has 3 heteroatoms. The van der Waals surface area contributed by atoms with Crippen molar-refractivity contribution in [3.63, 3.8) is 0 Å². The standard InChI is InChI=1S/C12H14O3/c1-8(13)12(9(2)14)10-4-6-11(15-3)7-5-10/h4-7,12H,1-3H3. The van der Waals surface area contributed by atoms with Crippen LogP contribution in [0.5, 0.6) is 5.75 Å². The zero-order valence-corrected chi connectivity index (χ0v) is 9.11. The molecule has 3 nitrogen and oxygen atoms in total. The lowest BCUT2D eigenvalue weighted by Crippen LogP contribution is -2.16. The summed E-state index contributed by atoms with van der Waals surface area (Å²) < 4.78 is 5.00. The van der Waals surface area contributed by atoms with Crippen molar-refractivity contribution >= 4 is 11.6 Å². The second kappa shape index (κ2) is 4.73. The lowest BCUT2D eigenvalue weighted by molar-refractivity contribution is -0.126. The Morgan fingerprint density at radius 2 is 1.53 bits per heavy atom. The summed E-state index contributed by atoms with van der Waals surface area (Å²) in [7, 11) is 1.57. The highest BCUT2D eigenvalue weighted by Crippen LogP contribution is 2.21. The first-order valence-electron chi connectivity index (χ1n) is 4.71. The third-order valence-corrected chi connectivity index (χ3v) is 2.26. The van der Waals surface area contributed by atoms with E-state index >= 15 is 0 Å². The fourth-order valence-corrected chi connectivity index (χ4v) is 1.55. The summed E-state index contributed by atoms with van der Waals surface area (Å²) in [5.41, 5.74) is 0.718. The molecule has 15 heavy (non-hydrogen) atoms. The zero-order valence-electron chi connectivity index (χ0n) is 9.11. The van der Waals surface area contributed by atoms with Gasteiger partial charge in [0.15, 0.2) is 0 Å². The minimum atomic E-state index is -0.643. The molecule has 0 bridgehead atoms. The molecule has 0 aliphatic heterocycles. The van der Waals surface area contributed by atoms with Crippen molar-refractivity contribution in [1.82, 2.24) is 0 Å². The summed E-state index contributed by atoms with van der Waals surface area (Å²) in [5, 5.41) is 0. The molecule has 0 radical (unpaired) electrons. The number of benzene rings is 1. The Morgan fingerprint density at radius 1 is 1.07 bits per heavy atom. The first-order valence-corrected chi connectivity index (χ1v) is 4.71. The van der Waals surface area contributed by atoms with Gasteiger partial charge in [-0.05, 0) is 31.5 Å². The summed E-state index contributed by atoms with van der Waals surface area (Å²) in [6, 6.07) is 6.97. The maximum atomic E-state index is 11.3. The third-order valence-electron chi connectivity index (χ3n) is 2.26. The first kappa shape index (κ1) is 11.4. The van der Waals surface area contributed by atoms with Crippen molar-refractivity contribution in [3.8, 4) is 5.75 Å². The molecule has 0 aliphatic rings. The Balaban J connectivity index is 3.02. The lowest BCUT2D eigenvalue weighted by Gasteiger charge is -2.10. The second-order valence-electron chi connectivity index (χ2n) is 3.43. The van der Waals surface area contributed by atoms with E-state index in [-0.39, 0.29) is 11.6 Å². The van der Waals surface area contributed by atoms with Gasteiger partial charge in [-0.2, -0.15) is 0 Å². The van der Waals surface area contributed by atoms with E-state index in [4.69, 9.17) is 4.74 Å². The number of methoxy groups -OCH3 is 1. The van der Waals surface area contributed by atoms with Crippen LogP contribution in [-0.4, -0.2) is 18.7 Å². The number of carbonyl (C=O) groups is 2. The fourth-order valence-electron chi connectivity index (χ4n) is 1.55. The van der Waals surface area contributed by atoms with Gasteiger partial charge in [0.05, 0.1) is 7.11 Å². The van der Waals surface area contributed by atoms with Crippen LogP contribution >= 0.6 is 0 Å². The number of ether oxygens (including phenoxy) is 1. The van der Waals surface area contributed by atoms with Crippen LogP contribution in [0.3, 0.4) is 0 Å². The fraction of sp³-hybridized carbons (Fsp3) is 0.333. The van der Waals surface area contributed by atoms with Crippen LogP contribution in [0.4, 0.5) is 0 Å². The van der Waals surface area contributed by atoms with Crippen molar-refractivity contribution in [2.24, 2.45) is 0 Å². The van der Waals surface area contributed by atoms with Crippen LogP contribution in [0.1, 0.15) is 25.3 Å². The first-order chi connectivity index (χ1) is 7.06.